The third-order valence-electron chi connectivity index (χ3n) is 8.22. The lowest BCUT2D eigenvalue weighted by Crippen LogP contribution is -1.97. The van der Waals surface area contributed by atoms with Gasteiger partial charge < -0.3 is 9.13 Å². The molecule has 0 radical (unpaired) electrons. The maximum atomic E-state index is 9.96. The Bertz CT molecular complexity index is 2270. The molecule has 0 aliphatic rings. The number of aromatic nitrogens is 2. The zero-order chi connectivity index (χ0) is 28.2. The smallest absolute Gasteiger partial charge is 0.101 e. The van der Waals surface area contributed by atoms with E-state index in [0.717, 1.165) is 66.1 Å². The molecule has 42 heavy (non-hydrogen) atoms. The first kappa shape index (κ1) is 23.8. The van der Waals surface area contributed by atoms with Gasteiger partial charge in [-0.2, -0.15) is 10.5 Å². The van der Waals surface area contributed by atoms with Crippen LogP contribution in [0.2, 0.25) is 0 Å². The largest absolute Gasteiger partial charge is 0.308 e. The molecule has 0 amide bonds. The minimum absolute atomic E-state index is 0.631. The average Bonchev–Trinajstić information content (AvgIpc) is 3.58. The number of hydrogen-bond donors (Lipinski definition) is 0. The van der Waals surface area contributed by atoms with Crippen molar-refractivity contribution in [3.8, 4) is 34.6 Å². The minimum Gasteiger partial charge on any atom is -0.308 e. The number of rotatable bonds is 3. The van der Waals surface area contributed by atoms with Gasteiger partial charge >= 0.3 is 0 Å². The number of hydrogen-bond acceptors (Lipinski definition) is 2. The first-order valence-electron chi connectivity index (χ1n) is 13.8. The molecule has 194 valence electrons. The van der Waals surface area contributed by atoms with Gasteiger partial charge in [-0.05, 0) is 59.7 Å². The average molecular weight is 535 g/mol. The summed E-state index contributed by atoms with van der Waals surface area (Å²) in [5.41, 5.74) is 9.45. The topological polar surface area (TPSA) is 57.4 Å². The van der Waals surface area contributed by atoms with Gasteiger partial charge in [0, 0.05) is 21.5 Å². The van der Waals surface area contributed by atoms with Crippen LogP contribution in [0.4, 0.5) is 0 Å². The van der Waals surface area contributed by atoms with Crippen LogP contribution in [0.25, 0.3) is 66.1 Å². The van der Waals surface area contributed by atoms with Crippen LogP contribution >= 0.6 is 0 Å². The van der Waals surface area contributed by atoms with E-state index in [1.54, 1.807) is 0 Å². The van der Waals surface area contributed by atoms with E-state index < -0.39 is 0 Å². The highest BCUT2D eigenvalue weighted by molar-refractivity contribution is 6.22. The molecule has 6 aromatic carbocycles. The quantitative estimate of drug-likeness (QED) is 0.227. The van der Waals surface area contributed by atoms with Gasteiger partial charge in [0.2, 0.25) is 0 Å². The van der Waals surface area contributed by atoms with E-state index >= 15 is 0 Å². The lowest BCUT2D eigenvalue weighted by molar-refractivity contribution is 1.17. The van der Waals surface area contributed by atoms with E-state index in [4.69, 9.17) is 0 Å². The third-order valence-corrected chi connectivity index (χ3v) is 8.22. The van der Waals surface area contributed by atoms with Crippen LogP contribution in [0.1, 0.15) is 11.1 Å². The Morgan fingerprint density at radius 1 is 0.381 bits per heavy atom. The fourth-order valence-electron chi connectivity index (χ4n) is 6.53. The van der Waals surface area contributed by atoms with Crippen molar-refractivity contribution >= 4 is 43.6 Å². The number of nitrogens with zero attached hydrogens (tertiary/aromatic N) is 4. The van der Waals surface area contributed by atoms with E-state index in [1.807, 2.05) is 60.7 Å². The Hall–Kier alpha value is -6.10. The summed E-state index contributed by atoms with van der Waals surface area (Å²) in [4.78, 5) is 0. The fraction of sp³-hybridized carbons (Fsp3) is 0. The molecule has 2 aromatic heterocycles. The summed E-state index contributed by atoms with van der Waals surface area (Å²) in [6, 6.07) is 50.0. The van der Waals surface area contributed by atoms with Crippen LogP contribution in [0, 0.1) is 22.7 Å². The molecule has 0 spiro atoms. The van der Waals surface area contributed by atoms with Crippen molar-refractivity contribution in [3.05, 3.63) is 145 Å². The minimum atomic E-state index is 0.631. The Morgan fingerprint density at radius 2 is 0.762 bits per heavy atom. The Balaban J connectivity index is 1.52. The highest BCUT2D eigenvalue weighted by Crippen LogP contribution is 2.44. The third kappa shape index (κ3) is 3.27. The number of fused-ring (bicyclic) bond motifs is 6. The van der Waals surface area contributed by atoms with E-state index in [1.165, 1.54) is 0 Å². The van der Waals surface area contributed by atoms with Gasteiger partial charge in [-0.15, -0.1) is 0 Å². The molecular formula is C38H22N4. The molecule has 0 aliphatic heterocycles. The molecule has 8 rings (SSSR count). The molecule has 0 saturated carbocycles. The Labute approximate surface area is 242 Å². The Kier molecular flexibility index (Phi) is 5.22. The normalized spacial score (nSPS) is 11.3. The predicted molar refractivity (Wildman–Crippen MR) is 170 cm³/mol. The van der Waals surface area contributed by atoms with Crippen molar-refractivity contribution < 1.29 is 0 Å². The Morgan fingerprint density at radius 3 is 1.21 bits per heavy atom. The molecular weight excluding hydrogens is 512 g/mol. The van der Waals surface area contributed by atoms with Gasteiger partial charge in [-0.3, -0.25) is 0 Å². The van der Waals surface area contributed by atoms with Crippen LogP contribution < -0.4 is 0 Å². The number of benzene rings is 6. The number of para-hydroxylation sites is 4. The van der Waals surface area contributed by atoms with Gasteiger partial charge in [-0.25, -0.2) is 0 Å². The standard InChI is InChI=1S/C38H22N4/c39-23-25-11-1-5-17-31(25)41-33-19-7-3-13-29(33)37-27(15-9-21-35(37)41)28-16-10-22-36-38(28)30-14-4-8-20-34(30)42(36)32-18-6-2-12-26(32)24-40/h1-22H. The molecule has 0 aliphatic carbocycles. The summed E-state index contributed by atoms with van der Waals surface area (Å²) in [5.74, 6) is 0. The SMILES string of the molecule is N#Cc1ccccc1-n1c2ccccc2c2c(-c3cccc4c3c3ccccc3n4-c3ccccc3C#N)cccc21. The van der Waals surface area contributed by atoms with E-state index in [2.05, 4.69) is 94.1 Å². The van der Waals surface area contributed by atoms with Crippen LogP contribution in [-0.2, 0) is 0 Å². The second kappa shape index (κ2) is 9.24. The van der Waals surface area contributed by atoms with Gasteiger partial charge in [-0.1, -0.05) is 84.9 Å². The second-order valence-electron chi connectivity index (χ2n) is 10.4. The van der Waals surface area contributed by atoms with Gasteiger partial charge in [0.15, 0.2) is 0 Å². The lowest BCUT2D eigenvalue weighted by Gasteiger charge is -2.12. The zero-order valence-corrected chi connectivity index (χ0v) is 22.5. The molecule has 0 fully saturated rings. The van der Waals surface area contributed by atoms with Crippen molar-refractivity contribution in [2.45, 2.75) is 0 Å². The van der Waals surface area contributed by atoms with Crippen molar-refractivity contribution in [2.24, 2.45) is 0 Å². The maximum absolute atomic E-state index is 9.96. The molecule has 0 saturated heterocycles. The fourth-order valence-corrected chi connectivity index (χ4v) is 6.53. The molecule has 0 unspecified atom stereocenters. The van der Waals surface area contributed by atoms with Gasteiger partial charge in [0.05, 0.1) is 44.6 Å². The molecule has 0 N–H and O–H groups in total. The molecule has 8 aromatic rings. The summed E-state index contributed by atoms with van der Waals surface area (Å²) < 4.78 is 4.42. The van der Waals surface area contributed by atoms with E-state index in [0.29, 0.717) is 11.1 Å². The van der Waals surface area contributed by atoms with Gasteiger partial charge in [0.25, 0.3) is 0 Å². The molecule has 4 nitrogen and oxygen atoms in total. The highest BCUT2D eigenvalue weighted by Gasteiger charge is 2.21. The number of nitriles is 2. The monoisotopic (exact) mass is 534 g/mol. The van der Waals surface area contributed by atoms with Crippen molar-refractivity contribution in [2.75, 3.05) is 0 Å². The van der Waals surface area contributed by atoms with Crippen LogP contribution in [0.3, 0.4) is 0 Å². The summed E-state index contributed by atoms with van der Waals surface area (Å²) in [7, 11) is 0. The lowest BCUT2D eigenvalue weighted by atomic mass is 9.95. The molecule has 4 heteroatoms. The van der Waals surface area contributed by atoms with Crippen molar-refractivity contribution in [1.82, 2.24) is 9.13 Å². The summed E-state index contributed by atoms with van der Waals surface area (Å²) in [6.45, 7) is 0. The maximum Gasteiger partial charge on any atom is 0.101 e. The first-order chi connectivity index (χ1) is 20.8. The van der Waals surface area contributed by atoms with Crippen LogP contribution in [-0.4, -0.2) is 9.13 Å². The van der Waals surface area contributed by atoms with Gasteiger partial charge in [0.1, 0.15) is 12.1 Å². The van der Waals surface area contributed by atoms with Crippen LogP contribution in [0.5, 0.6) is 0 Å². The summed E-state index contributed by atoms with van der Waals surface area (Å²) in [5, 5.41) is 24.5. The van der Waals surface area contributed by atoms with E-state index in [9.17, 15) is 10.5 Å². The van der Waals surface area contributed by atoms with Crippen molar-refractivity contribution in [3.63, 3.8) is 0 Å². The summed E-state index contributed by atoms with van der Waals surface area (Å²) >= 11 is 0. The highest BCUT2D eigenvalue weighted by atomic mass is 15.0. The molecule has 2 heterocycles. The van der Waals surface area contributed by atoms with Crippen molar-refractivity contribution in [1.29, 1.82) is 10.5 Å². The predicted octanol–water partition coefficient (Wildman–Crippen LogP) is 9.29. The van der Waals surface area contributed by atoms with E-state index in [-0.39, 0.29) is 0 Å². The molecule has 0 atom stereocenters. The zero-order valence-electron chi connectivity index (χ0n) is 22.5. The first-order valence-corrected chi connectivity index (χ1v) is 13.8. The molecule has 0 bridgehead atoms. The summed E-state index contributed by atoms with van der Waals surface area (Å²) in [6.07, 6.45) is 0. The second-order valence-corrected chi connectivity index (χ2v) is 10.4. The van der Waals surface area contributed by atoms with Crippen LogP contribution in [0.15, 0.2) is 133 Å².